The Morgan fingerprint density at radius 3 is 2.14 bits per heavy atom. The first-order valence-electron chi connectivity index (χ1n) is 3.47. The molecule has 0 radical (unpaired) electrons. The van der Waals surface area contributed by atoms with Crippen molar-refractivity contribution in [1.82, 2.24) is 4.83 Å². The van der Waals surface area contributed by atoms with Gasteiger partial charge in [0.1, 0.15) is 0 Å². The summed E-state index contributed by atoms with van der Waals surface area (Å²) in [6, 6.07) is 6.09. The fourth-order valence-electron chi connectivity index (χ4n) is 0.819. The van der Waals surface area contributed by atoms with E-state index in [0.29, 0.717) is 0 Å². The molecule has 6 heteroatoms. The monoisotopic (exact) mass is 216 g/mol. The minimum absolute atomic E-state index is 0. The fraction of sp³-hybridized carbons (Fsp3) is 0.250. The second-order valence-electron chi connectivity index (χ2n) is 2.50. The number of aryl methyl sites for hydroxylation is 1. The molecule has 0 aliphatic carbocycles. The van der Waals surface area contributed by atoms with E-state index in [0.717, 1.165) is 5.56 Å². The van der Waals surface area contributed by atoms with Gasteiger partial charge in [-0.05, 0) is 19.1 Å². The fourth-order valence-corrected chi connectivity index (χ4v) is 1.52. The van der Waals surface area contributed by atoms with E-state index >= 15 is 0 Å². The van der Waals surface area contributed by atoms with E-state index < -0.39 is 10.0 Å². The second kappa shape index (κ2) is 4.71. The SMILES string of the molecule is C.Cc1ccc(S(=O)(=O)NN=O)cc1. The first-order valence-corrected chi connectivity index (χ1v) is 4.95. The van der Waals surface area contributed by atoms with E-state index in [9.17, 15) is 13.3 Å². The molecule has 1 rings (SSSR count). The van der Waals surface area contributed by atoms with Crippen LogP contribution in [0.25, 0.3) is 0 Å². The van der Waals surface area contributed by atoms with E-state index in [2.05, 4.69) is 5.29 Å². The number of hydrogen-bond donors (Lipinski definition) is 1. The lowest BCUT2D eigenvalue weighted by molar-refractivity contribution is 0.584. The maximum atomic E-state index is 11.1. The molecular formula is C8H12N2O3S. The first kappa shape index (κ1) is 12.6. The van der Waals surface area contributed by atoms with Crippen LogP contribution in [0.2, 0.25) is 0 Å². The second-order valence-corrected chi connectivity index (χ2v) is 4.16. The number of benzene rings is 1. The molecule has 0 unspecified atom stereocenters. The lowest BCUT2D eigenvalue weighted by Crippen LogP contribution is -2.16. The Bertz CT molecular complexity index is 397. The Morgan fingerprint density at radius 1 is 1.21 bits per heavy atom. The summed E-state index contributed by atoms with van der Waals surface area (Å²) in [4.78, 5) is 11.2. The van der Waals surface area contributed by atoms with Crippen LogP contribution in [0.4, 0.5) is 0 Å². The Kier molecular flexibility index (Phi) is 4.23. The lowest BCUT2D eigenvalue weighted by Gasteiger charge is -2.00. The third-order valence-corrected chi connectivity index (χ3v) is 2.70. The van der Waals surface area contributed by atoms with Gasteiger partial charge in [0.15, 0.2) is 0 Å². The molecule has 1 N–H and O–H groups in total. The number of nitrogens with one attached hydrogen (secondary N) is 1. The predicted molar refractivity (Wildman–Crippen MR) is 54.0 cm³/mol. The van der Waals surface area contributed by atoms with Crippen molar-refractivity contribution in [3.05, 3.63) is 34.7 Å². The van der Waals surface area contributed by atoms with E-state index in [1.165, 1.54) is 17.0 Å². The molecule has 1 aromatic rings. The highest BCUT2D eigenvalue weighted by Crippen LogP contribution is 2.09. The average Bonchev–Trinajstić information content (AvgIpc) is 2.05. The van der Waals surface area contributed by atoms with Crippen LogP contribution in [0.5, 0.6) is 0 Å². The summed E-state index contributed by atoms with van der Waals surface area (Å²) in [6.07, 6.45) is 0. The zero-order chi connectivity index (χ0) is 9.90. The minimum Gasteiger partial charge on any atom is -0.200 e. The summed E-state index contributed by atoms with van der Waals surface area (Å²) in [5, 5.41) is 2.12. The number of sulfonamides is 1. The number of nitroso groups, excluding NO2 is 1. The Hall–Kier alpha value is -1.43. The zero-order valence-corrected chi connectivity index (χ0v) is 7.71. The molecule has 0 fully saturated rings. The standard InChI is InChI=1S/C7H8N2O3S.CH4/c1-6-2-4-7(5-3-6)13(11,12)9-8-10;/h2-5H,1H3,(H,9,10);1H4. The summed E-state index contributed by atoms with van der Waals surface area (Å²) in [6.45, 7) is 1.84. The van der Waals surface area contributed by atoms with Gasteiger partial charge in [0.2, 0.25) is 0 Å². The van der Waals surface area contributed by atoms with Crippen molar-refractivity contribution in [2.75, 3.05) is 0 Å². The van der Waals surface area contributed by atoms with Gasteiger partial charge in [-0.15, -0.1) is 4.91 Å². The summed E-state index contributed by atoms with van der Waals surface area (Å²) in [5.41, 5.74) is 0.943. The third-order valence-electron chi connectivity index (χ3n) is 1.49. The van der Waals surface area contributed by atoms with Gasteiger partial charge in [-0.3, -0.25) is 0 Å². The van der Waals surface area contributed by atoms with Crippen molar-refractivity contribution in [1.29, 1.82) is 0 Å². The highest BCUT2D eigenvalue weighted by atomic mass is 32.2. The van der Waals surface area contributed by atoms with Crippen LogP contribution in [0.1, 0.15) is 13.0 Å². The molecular weight excluding hydrogens is 204 g/mol. The molecule has 0 aromatic heterocycles. The molecule has 0 aliphatic rings. The molecule has 0 amide bonds. The number of hydrogen-bond acceptors (Lipinski definition) is 4. The number of nitrogens with zero attached hydrogens (tertiary/aromatic N) is 1. The van der Waals surface area contributed by atoms with Gasteiger partial charge in [-0.1, -0.05) is 25.1 Å². The van der Waals surface area contributed by atoms with Gasteiger partial charge < -0.3 is 0 Å². The van der Waals surface area contributed by atoms with Crippen LogP contribution in [0.15, 0.2) is 34.4 Å². The van der Waals surface area contributed by atoms with Gasteiger partial charge in [-0.25, -0.2) is 0 Å². The first-order chi connectivity index (χ1) is 6.06. The Morgan fingerprint density at radius 2 is 1.71 bits per heavy atom. The molecule has 0 bridgehead atoms. The van der Waals surface area contributed by atoms with Crippen molar-refractivity contribution < 1.29 is 8.42 Å². The molecule has 0 saturated heterocycles. The van der Waals surface area contributed by atoms with Crippen LogP contribution in [-0.4, -0.2) is 8.42 Å². The normalized spacial score (nSPS) is 10.1. The summed E-state index contributed by atoms with van der Waals surface area (Å²) in [7, 11) is -3.76. The molecule has 5 nitrogen and oxygen atoms in total. The molecule has 14 heavy (non-hydrogen) atoms. The summed E-state index contributed by atoms with van der Waals surface area (Å²) in [5.74, 6) is 0. The zero-order valence-electron chi connectivity index (χ0n) is 6.89. The van der Waals surface area contributed by atoms with Crippen LogP contribution in [0.3, 0.4) is 0 Å². The van der Waals surface area contributed by atoms with Crippen molar-refractivity contribution in [3.63, 3.8) is 0 Å². The third kappa shape index (κ3) is 2.81. The molecule has 0 heterocycles. The Labute approximate surface area is 83.1 Å². The maximum absolute atomic E-state index is 11.1. The summed E-state index contributed by atoms with van der Waals surface area (Å²) >= 11 is 0. The van der Waals surface area contributed by atoms with E-state index in [1.54, 1.807) is 12.1 Å². The highest BCUT2D eigenvalue weighted by Gasteiger charge is 2.12. The van der Waals surface area contributed by atoms with Crippen LogP contribution in [0, 0.1) is 11.8 Å². The smallest absolute Gasteiger partial charge is 0.200 e. The molecule has 0 atom stereocenters. The van der Waals surface area contributed by atoms with Gasteiger partial charge in [0.25, 0.3) is 10.0 Å². The quantitative estimate of drug-likeness (QED) is 0.615. The lowest BCUT2D eigenvalue weighted by atomic mass is 10.2. The molecule has 78 valence electrons. The predicted octanol–water partition coefficient (Wildman–Crippen LogP) is 1.59. The maximum Gasteiger partial charge on any atom is 0.279 e. The van der Waals surface area contributed by atoms with Crippen molar-refractivity contribution in [3.8, 4) is 0 Å². The van der Waals surface area contributed by atoms with Crippen molar-refractivity contribution in [2.45, 2.75) is 19.2 Å². The van der Waals surface area contributed by atoms with E-state index in [-0.39, 0.29) is 12.3 Å². The van der Waals surface area contributed by atoms with Crippen LogP contribution >= 0.6 is 0 Å². The summed E-state index contributed by atoms with van der Waals surface area (Å²) < 4.78 is 22.3. The van der Waals surface area contributed by atoms with Gasteiger partial charge in [0.05, 0.1) is 10.2 Å². The van der Waals surface area contributed by atoms with Crippen LogP contribution in [-0.2, 0) is 10.0 Å². The largest absolute Gasteiger partial charge is 0.279 e. The van der Waals surface area contributed by atoms with E-state index in [4.69, 9.17) is 0 Å². The number of rotatable bonds is 3. The highest BCUT2D eigenvalue weighted by molar-refractivity contribution is 7.89. The Balaban J connectivity index is 0.00000169. The molecule has 0 aliphatic heterocycles. The van der Waals surface area contributed by atoms with E-state index in [1.807, 2.05) is 6.92 Å². The average molecular weight is 216 g/mol. The van der Waals surface area contributed by atoms with Crippen LogP contribution < -0.4 is 4.83 Å². The van der Waals surface area contributed by atoms with Gasteiger partial charge in [0, 0.05) is 0 Å². The topological polar surface area (TPSA) is 75.6 Å². The molecule has 0 spiro atoms. The van der Waals surface area contributed by atoms with Crippen molar-refractivity contribution in [2.24, 2.45) is 5.29 Å². The van der Waals surface area contributed by atoms with Gasteiger partial charge in [-0.2, -0.15) is 13.2 Å². The van der Waals surface area contributed by atoms with Crippen molar-refractivity contribution >= 4 is 10.0 Å². The minimum atomic E-state index is -3.76. The van der Waals surface area contributed by atoms with Gasteiger partial charge >= 0.3 is 0 Å². The molecule has 1 aromatic carbocycles. The molecule has 0 saturated carbocycles.